The first kappa shape index (κ1) is 57.3. The van der Waals surface area contributed by atoms with Crippen molar-refractivity contribution < 1.29 is 23.8 Å². The molecule has 1 atom stereocenters. The zero-order chi connectivity index (χ0) is 43.5. The minimum absolute atomic E-state index is 0.0468. The van der Waals surface area contributed by atoms with Crippen molar-refractivity contribution in [3.05, 3.63) is 72.9 Å². The summed E-state index contributed by atoms with van der Waals surface area (Å²) in [5.41, 5.74) is 0. The first-order chi connectivity index (χ1) is 29.6. The zero-order valence-corrected chi connectivity index (χ0v) is 39.7. The maximum atomic E-state index is 12.8. The summed E-state index contributed by atoms with van der Waals surface area (Å²) in [6.07, 6.45) is 64.9. The van der Waals surface area contributed by atoms with E-state index >= 15 is 0 Å². The molecule has 0 aromatic heterocycles. The molecule has 0 aliphatic carbocycles. The van der Waals surface area contributed by atoms with Crippen molar-refractivity contribution in [1.29, 1.82) is 0 Å². The SMILES string of the molecule is CC/C=C\C/C=C\C/C=C\C/C=C\C/C=C\C/C=C\CCC(=O)OCC(COCCCCCCCCCCCC)OC(=O)CCCCCCCCCCCCCCCCC. The van der Waals surface area contributed by atoms with Gasteiger partial charge in [-0.05, 0) is 57.8 Å². The molecule has 1 unspecified atom stereocenters. The van der Waals surface area contributed by atoms with E-state index in [4.69, 9.17) is 14.2 Å². The third-order valence-corrected chi connectivity index (χ3v) is 10.8. The highest BCUT2D eigenvalue weighted by molar-refractivity contribution is 5.70. The molecule has 0 rings (SSSR count). The predicted octanol–water partition coefficient (Wildman–Crippen LogP) is 17.1. The van der Waals surface area contributed by atoms with Crippen LogP contribution in [-0.2, 0) is 23.8 Å². The third-order valence-electron chi connectivity index (χ3n) is 10.8. The molecule has 0 amide bonds. The van der Waals surface area contributed by atoms with Gasteiger partial charge < -0.3 is 14.2 Å². The highest BCUT2D eigenvalue weighted by Crippen LogP contribution is 2.15. The zero-order valence-electron chi connectivity index (χ0n) is 39.7. The van der Waals surface area contributed by atoms with Crippen LogP contribution in [-0.4, -0.2) is 37.9 Å². The van der Waals surface area contributed by atoms with Crippen LogP contribution in [0.1, 0.15) is 239 Å². The Balaban J connectivity index is 4.33. The van der Waals surface area contributed by atoms with Gasteiger partial charge in [-0.15, -0.1) is 0 Å². The summed E-state index contributed by atoms with van der Waals surface area (Å²) in [6.45, 7) is 7.65. The van der Waals surface area contributed by atoms with Gasteiger partial charge in [-0.1, -0.05) is 241 Å². The number of unbranched alkanes of at least 4 members (excludes halogenated alkanes) is 23. The average molecular weight is 837 g/mol. The van der Waals surface area contributed by atoms with Crippen LogP contribution < -0.4 is 0 Å². The molecule has 346 valence electrons. The van der Waals surface area contributed by atoms with Crippen LogP contribution in [0.5, 0.6) is 0 Å². The van der Waals surface area contributed by atoms with Gasteiger partial charge in [-0.2, -0.15) is 0 Å². The van der Waals surface area contributed by atoms with Gasteiger partial charge in [0.05, 0.1) is 6.61 Å². The first-order valence-electron chi connectivity index (χ1n) is 25.5. The Morgan fingerprint density at radius 3 is 1.17 bits per heavy atom. The van der Waals surface area contributed by atoms with E-state index in [1.165, 1.54) is 135 Å². The second kappa shape index (κ2) is 50.7. The molecule has 0 aliphatic rings. The average Bonchev–Trinajstić information content (AvgIpc) is 3.25. The van der Waals surface area contributed by atoms with Crippen LogP contribution in [0, 0.1) is 0 Å². The Hall–Kier alpha value is -2.66. The number of carbonyl (C=O) groups excluding carboxylic acids is 2. The Bertz CT molecular complexity index is 1080. The Morgan fingerprint density at radius 2 is 0.750 bits per heavy atom. The van der Waals surface area contributed by atoms with Crippen LogP contribution in [0.3, 0.4) is 0 Å². The lowest BCUT2D eigenvalue weighted by Gasteiger charge is -2.18. The second-order valence-electron chi connectivity index (χ2n) is 16.7. The van der Waals surface area contributed by atoms with Crippen molar-refractivity contribution in [3.63, 3.8) is 0 Å². The number of esters is 2. The van der Waals surface area contributed by atoms with Gasteiger partial charge in [0.1, 0.15) is 6.61 Å². The van der Waals surface area contributed by atoms with Crippen LogP contribution in [0.4, 0.5) is 0 Å². The number of hydrogen-bond donors (Lipinski definition) is 0. The highest BCUT2D eigenvalue weighted by atomic mass is 16.6. The number of carbonyl (C=O) groups is 2. The summed E-state index contributed by atoms with van der Waals surface area (Å²) in [4.78, 5) is 25.3. The summed E-state index contributed by atoms with van der Waals surface area (Å²) in [7, 11) is 0. The fourth-order valence-electron chi connectivity index (χ4n) is 7.01. The topological polar surface area (TPSA) is 61.8 Å². The largest absolute Gasteiger partial charge is 0.462 e. The molecule has 0 radical (unpaired) electrons. The van der Waals surface area contributed by atoms with Gasteiger partial charge in [-0.3, -0.25) is 9.59 Å². The molecule has 0 saturated carbocycles. The summed E-state index contributed by atoms with van der Waals surface area (Å²) < 4.78 is 17.3. The van der Waals surface area contributed by atoms with Crippen LogP contribution in [0.15, 0.2) is 72.9 Å². The normalized spacial score (nSPS) is 12.8. The molecule has 0 spiro atoms. The fourth-order valence-corrected chi connectivity index (χ4v) is 7.01. The van der Waals surface area contributed by atoms with E-state index in [9.17, 15) is 9.59 Å². The van der Waals surface area contributed by atoms with E-state index in [0.29, 0.717) is 25.9 Å². The molecule has 60 heavy (non-hydrogen) atoms. The van der Waals surface area contributed by atoms with Gasteiger partial charge in [0.2, 0.25) is 0 Å². The summed E-state index contributed by atoms with van der Waals surface area (Å²) in [6, 6.07) is 0. The van der Waals surface area contributed by atoms with Crippen LogP contribution >= 0.6 is 0 Å². The van der Waals surface area contributed by atoms with Crippen LogP contribution in [0.25, 0.3) is 0 Å². The van der Waals surface area contributed by atoms with Gasteiger partial charge in [0.15, 0.2) is 6.10 Å². The molecule has 0 N–H and O–H groups in total. The Labute approximate surface area is 372 Å². The maximum Gasteiger partial charge on any atom is 0.306 e. The molecular weight excluding hydrogens is 741 g/mol. The molecule has 0 bridgehead atoms. The smallest absolute Gasteiger partial charge is 0.306 e. The summed E-state index contributed by atoms with van der Waals surface area (Å²) in [5, 5.41) is 0. The molecule has 5 nitrogen and oxygen atoms in total. The molecule has 0 fully saturated rings. The van der Waals surface area contributed by atoms with E-state index in [1.54, 1.807) is 0 Å². The van der Waals surface area contributed by atoms with Crippen molar-refractivity contribution >= 4 is 11.9 Å². The number of hydrogen-bond acceptors (Lipinski definition) is 5. The third kappa shape index (κ3) is 48.0. The monoisotopic (exact) mass is 837 g/mol. The molecular formula is C55H96O5. The molecule has 0 heterocycles. The number of allylic oxidation sites excluding steroid dienone is 12. The standard InChI is InChI=1S/C55H96O5/c1-4-7-10-13-16-19-22-24-26-27-28-29-31-32-34-36-39-42-45-48-54(56)59-52-53(51-58-50-47-44-41-38-21-18-15-12-9-6-3)60-55(57)49-46-43-40-37-35-33-30-25-23-20-17-14-11-8-5-2/h7,10,16,19,24,26,28-29,32,34,39,42,53H,4-6,8-9,11-15,17-18,20-23,25,27,30-31,33,35-38,40-41,43-52H2,1-3H3/b10-7-,19-16-,26-24-,29-28-,34-32-,42-39-. The molecule has 0 aliphatic heterocycles. The van der Waals surface area contributed by atoms with Crippen molar-refractivity contribution in [2.45, 2.75) is 245 Å². The van der Waals surface area contributed by atoms with Crippen molar-refractivity contribution in [2.75, 3.05) is 19.8 Å². The minimum atomic E-state index is -0.563. The lowest BCUT2D eigenvalue weighted by molar-refractivity contribution is -0.162. The first-order valence-corrected chi connectivity index (χ1v) is 25.5. The van der Waals surface area contributed by atoms with E-state index in [0.717, 1.165) is 64.2 Å². The Morgan fingerprint density at radius 1 is 0.383 bits per heavy atom. The molecule has 0 saturated heterocycles. The minimum Gasteiger partial charge on any atom is -0.462 e. The lowest BCUT2D eigenvalue weighted by Crippen LogP contribution is -2.30. The quantitative estimate of drug-likeness (QED) is 0.0347. The van der Waals surface area contributed by atoms with Crippen molar-refractivity contribution in [2.24, 2.45) is 0 Å². The van der Waals surface area contributed by atoms with Crippen molar-refractivity contribution in [1.82, 2.24) is 0 Å². The van der Waals surface area contributed by atoms with E-state index < -0.39 is 6.10 Å². The molecule has 5 heteroatoms. The molecule has 0 aromatic carbocycles. The number of ether oxygens (including phenoxy) is 3. The fraction of sp³-hybridized carbons (Fsp3) is 0.745. The van der Waals surface area contributed by atoms with Gasteiger partial charge in [-0.25, -0.2) is 0 Å². The lowest BCUT2D eigenvalue weighted by atomic mass is 10.0. The van der Waals surface area contributed by atoms with Gasteiger partial charge >= 0.3 is 11.9 Å². The van der Waals surface area contributed by atoms with Gasteiger partial charge in [0.25, 0.3) is 0 Å². The summed E-state index contributed by atoms with van der Waals surface area (Å²) >= 11 is 0. The predicted molar refractivity (Wildman–Crippen MR) is 260 cm³/mol. The summed E-state index contributed by atoms with van der Waals surface area (Å²) in [5.74, 6) is -0.487. The second-order valence-corrected chi connectivity index (χ2v) is 16.7. The van der Waals surface area contributed by atoms with E-state index in [1.807, 2.05) is 6.08 Å². The Kier molecular flexibility index (Phi) is 48.4. The van der Waals surface area contributed by atoms with E-state index in [-0.39, 0.29) is 25.2 Å². The highest BCUT2D eigenvalue weighted by Gasteiger charge is 2.17. The molecule has 0 aromatic rings. The van der Waals surface area contributed by atoms with Gasteiger partial charge in [0, 0.05) is 19.4 Å². The maximum absolute atomic E-state index is 12.8. The van der Waals surface area contributed by atoms with E-state index in [2.05, 4.69) is 87.6 Å². The van der Waals surface area contributed by atoms with Crippen molar-refractivity contribution in [3.8, 4) is 0 Å². The van der Waals surface area contributed by atoms with Crippen LogP contribution in [0.2, 0.25) is 0 Å². The number of rotatable bonds is 46.